The molecule has 4 N–H and O–H groups in total. The zero-order valence-corrected chi connectivity index (χ0v) is 21.2. The van der Waals surface area contributed by atoms with Crippen LogP contribution in [-0.4, -0.2) is 48.2 Å². The lowest BCUT2D eigenvalue weighted by molar-refractivity contribution is 0.0485. The van der Waals surface area contributed by atoms with Crippen molar-refractivity contribution in [3.8, 4) is 6.07 Å². The van der Waals surface area contributed by atoms with Gasteiger partial charge in [-0.1, -0.05) is 18.9 Å². The van der Waals surface area contributed by atoms with Crippen LogP contribution < -0.4 is 21.0 Å². The van der Waals surface area contributed by atoms with Gasteiger partial charge in [0.1, 0.15) is 17.5 Å². The average Bonchev–Trinajstić information content (AvgIpc) is 2.83. The summed E-state index contributed by atoms with van der Waals surface area (Å²) in [5, 5.41) is 27.0. The molecule has 0 spiro atoms. The summed E-state index contributed by atoms with van der Waals surface area (Å²) < 4.78 is 5.48. The minimum Gasteiger partial charge on any atom is -0.444 e. The number of hydrazone groups is 1. The molecule has 0 bridgehead atoms. The summed E-state index contributed by atoms with van der Waals surface area (Å²) in [6, 6.07) is 11.5. The maximum absolute atomic E-state index is 12.5. The highest BCUT2D eigenvalue weighted by Gasteiger charge is 2.32. The fourth-order valence-corrected chi connectivity index (χ4v) is 4.24. The average molecular weight is 491 g/mol. The monoisotopic (exact) mass is 490 g/mol. The highest BCUT2D eigenvalue weighted by molar-refractivity contribution is 6.14. The summed E-state index contributed by atoms with van der Waals surface area (Å²) in [4.78, 5) is 19.0. The van der Waals surface area contributed by atoms with Crippen molar-refractivity contribution in [3.05, 3.63) is 42.1 Å². The number of pyridine rings is 1. The van der Waals surface area contributed by atoms with E-state index in [4.69, 9.17) is 10.1 Å². The van der Waals surface area contributed by atoms with Crippen LogP contribution in [0.3, 0.4) is 0 Å². The number of rotatable bonds is 8. The largest absolute Gasteiger partial charge is 0.444 e. The minimum atomic E-state index is -0.570. The standard InChI is InChI=1S/C26H34N8O2/c1-26(2,3)36-25(35)32-21-10-5-6-11-22(21)34(4)23-15-24(29-17-18(23)16-28)31-19-8-7-9-20(14-19)33-30-13-12-27/h7-9,12-15,17,21-22,27,33H,5-6,10-11H2,1-4H3,(H,29,31)(H,32,35)/b27-12?,30-13-/t21-,22+/m0/s1. The van der Waals surface area contributed by atoms with Crippen LogP contribution in [0.5, 0.6) is 0 Å². The molecule has 1 aliphatic rings. The first-order valence-electron chi connectivity index (χ1n) is 12.0. The van der Waals surface area contributed by atoms with Crippen molar-refractivity contribution in [2.75, 3.05) is 22.7 Å². The molecule has 2 atom stereocenters. The first-order valence-corrected chi connectivity index (χ1v) is 12.0. The van der Waals surface area contributed by atoms with Gasteiger partial charge in [0.05, 0.1) is 29.2 Å². The predicted molar refractivity (Wildman–Crippen MR) is 143 cm³/mol. The predicted octanol–water partition coefficient (Wildman–Crippen LogP) is 5.02. The number of aromatic nitrogens is 1. The van der Waals surface area contributed by atoms with E-state index in [-0.39, 0.29) is 12.1 Å². The molecule has 1 saturated carbocycles. The zero-order valence-electron chi connectivity index (χ0n) is 21.2. The Kier molecular flexibility index (Phi) is 8.84. The van der Waals surface area contributed by atoms with Crippen LogP contribution in [0.4, 0.5) is 27.7 Å². The Hall–Kier alpha value is -4.13. The number of hydrogen-bond acceptors (Lipinski definition) is 9. The van der Waals surface area contributed by atoms with E-state index in [1.54, 1.807) is 6.20 Å². The topological polar surface area (TPSA) is 139 Å². The van der Waals surface area contributed by atoms with Gasteiger partial charge in [-0.3, -0.25) is 5.43 Å². The van der Waals surface area contributed by atoms with Gasteiger partial charge in [-0.2, -0.15) is 10.4 Å². The number of ether oxygens (including phenoxy) is 1. The molecule has 10 heteroatoms. The summed E-state index contributed by atoms with van der Waals surface area (Å²) in [6.07, 6.45) is 7.36. The summed E-state index contributed by atoms with van der Waals surface area (Å²) in [5.74, 6) is 0.587. The molecule has 3 rings (SSSR count). The van der Waals surface area contributed by atoms with Crippen molar-refractivity contribution in [1.29, 1.82) is 10.7 Å². The van der Waals surface area contributed by atoms with E-state index >= 15 is 0 Å². The van der Waals surface area contributed by atoms with Gasteiger partial charge in [-0.05, 0) is 51.8 Å². The van der Waals surface area contributed by atoms with Gasteiger partial charge in [0.2, 0.25) is 0 Å². The Morgan fingerprint density at radius 1 is 1.28 bits per heavy atom. The molecule has 1 aliphatic carbocycles. The Labute approximate surface area is 212 Å². The molecule has 190 valence electrons. The number of nitriles is 1. The van der Waals surface area contributed by atoms with E-state index in [2.05, 4.69) is 37.1 Å². The summed E-state index contributed by atoms with van der Waals surface area (Å²) >= 11 is 0. The maximum atomic E-state index is 12.5. The third-order valence-electron chi connectivity index (χ3n) is 5.79. The van der Waals surface area contributed by atoms with E-state index < -0.39 is 11.7 Å². The van der Waals surface area contributed by atoms with Crippen LogP contribution in [0, 0.1) is 16.7 Å². The molecule has 1 aromatic carbocycles. The molecular formula is C26H34N8O2. The molecule has 1 amide bonds. The molecule has 0 radical (unpaired) electrons. The quantitative estimate of drug-likeness (QED) is 0.301. The number of hydrogen-bond donors (Lipinski definition) is 4. The molecule has 36 heavy (non-hydrogen) atoms. The van der Waals surface area contributed by atoms with E-state index in [1.807, 2.05) is 58.2 Å². The summed E-state index contributed by atoms with van der Waals surface area (Å²) in [7, 11) is 1.95. The number of alkyl carbamates (subject to hydrolysis) is 1. The first-order chi connectivity index (χ1) is 17.2. The molecule has 0 aliphatic heterocycles. The highest BCUT2D eigenvalue weighted by Crippen LogP contribution is 2.31. The fourth-order valence-electron chi connectivity index (χ4n) is 4.24. The SMILES string of the molecule is CN(c1cc(Nc2cccc(N/N=C\C=N)c2)ncc1C#N)[C@@H]1CCCC[C@@H]1NC(=O)OC(C)(C)C. The van der Waals surface area contributed by atoms with Crippen molar-refractivity contribution in [2.24, 2.45) is 5.10 Å². The van der Waals surface area contributed by atoms with Crippen molar-refractivity contribution in [3.63, 3.8) is 0 Å². The third-order valence-corrected chi connectivity index (χ3v) is 5.79. The summed E-state index contributed by atoms with van der Waals surface area (Å²) in [5.41, 5.74) is 5.03. The Bertz CT molecular complexity index is 1140. The summed E-state index contributed by atoms with van der Waals surface area (Å²) in [6.45, 7) is 5.53. The normalized spacial score (nSPS) is 17.6. The van der Waals surface area contributed by atoms with Crippen molar-refractivity contribution >= 4 is 41.4 Å². The molecule has 10 nitrogen and oxygen atoms in total. The Morgan fingerprint density at radius 2 is 2.03 bits per heavy atom. The molecule has 1 aromatic heterocycles. The number of carbonyl (C=O) groups is 1. The zero-order chi connectivity index (χ0) is 26.1. The lowest BCUT2D eigenvalue weighted by Gasteiger charge is -2.40. The van der Waals surface area contributed by atoms with Gasteiger partial charge in [0.15, 0.2) is 0 Å². The smallest absolute Gasteiger partial charge is 0.407 e. The molecule has 1 heterocycles. The number of benzene rings is 1. The first kappa shape index (κ1) is 26.5. The van der Waals surface area contributed by atoms with Gasteiger partial charge in [-0.25, -0.2) is 9.78 Å². The van der Waals surface area contributed by atoms with Gasteiger partial charge < -0.3 is 25.7 Å². The number of likely N-dealkylation sites (N-methyl/N-ethyl adjacent to an activating group) is 1. The van der Waals surface area contributed by atoms with Gasteiger partial charge >= 0.3 is 6.09 Å². The van der Waals surface area contributed by atoms with Crippen molar-refractivity contribution in [1.82, 2.24) is 10.3 Å². The van der Waals surface area contributed by atoms with Crippen LogP contribution >= 0.6 is 0 Å². The molecule has 0 saturated heterocycles. The molecular weight excluding hydrogens is 456 g/mol. The van der Waals surface area contributed by atoms with E-state index in [0.717, 1.165) is 49.0 Å². The second kappa shape index (κ2) is 12.0. The van der Waals surface area contributed by atoms with E-state index in [9.17, 15) is 10.1 Å². The Morgan fingerprint density at radius 3 is 2.75 bits per heavy atom. The van der Waals surface area contributed by atoms with Gasteiger partial charge in [-0.15, -0.1) is 0 Å². The number of anilines is 4. The van der Waals surface area contributed by atoms with Gasteiger partial charge in [0, 0.05) is 37.3 Å². The lowest BCUT2D eigenvalue weighted by Crippen LogP contribution is -2.53. The maximum Gasteiger partial charge on any atom is 0.407 e. The third kappa shape index (κ3) is 7.43. The molecule has 0 unspecified atom stereocenters. The van der Waals surface area contributed by atoms with Crippen LogP contribution in [-0.2, 0) is 4.74 Å². The van der Waals surface area contributed by atoms with Crippen LogP contribution in [0.25, 0.3) is 0 Å². The van der Waals surface area contributed by atoms with Crippen LogP contribution in [0.2, 0.25) is 0 Å². The number of carbonyl (C=O) groups excluding carboxylic acids is 1. The van der Waals surface area contributed by atoms with E-state index in [0.29, 0.717) is 11.4 Å². The van der Waals surface area contributed by atoms with Crippen molar-refractivity contribution < 1.29 is 9.53 Å². The number of nitrogens with one attached hydrogen (secondary N) is 4. The second-order valence-corrected chi connectivity index (χ2v) is 9.68. The van der Waals surface area contributed by atoms with Crippen molar-refractivity contribution in [2.45, 2.75) is 64.1 Å². The number of amides is 1. The second-order valence-electron chi connectivity index (χ2n) is 9.68. The van der Waals surface area contributed by atoms with Gasteiger partial charge in [0.25, 0.3) is 0 Å². The highest BCUT2D eigenvalue weighted by atomic mass is 16.6. The minimum absolute atomic E-state index is 0.00727. The molecule has 1 fully saturated rings. The van der Waals surface area contributed by atoms with Crippen LogP contribution in [0.15, 0.2) is 41.6 Å². The number of nitrogens with zero attached hydrogens (tertiary/aromatic N) is 4. The lowest BCUT2D eigenvalue weighted by atomic mass is 9.89. The van der Waals surface area contributed by atoms with Crippen LogP contribution in [0.1, 0.15) is 52.0 Å². The van der Waals surface area contributed by atoms with E-state index in [1.165, 1.54) is 6.21 Å². The fraction of sp³-hybridized carbons (Fsp3) is 0.423. The molecule has 2 aromatic rings. The Balaban J connectivity index is 1.80.